The van der Waals surface area contributed by atoms with Gasteiger partial charge < -0.3 is 9.80 Å². The monoisotopic (exact) mass is 339 g/mol. The number of rotatable bonds is 1. The number of nitrogens with one attached hydrogen (secondary N) is 1. The minimum Gasteiger partial charge on any atom is -0.340 e. The maximum absolute atomic E-state index is 12.6. The summed E-state index contributed by atoms with van der Waals surface area (Å²) in [4.78, 5) is 30.6. The van der Waals surface area contributed by atoms with Gasteiger partial charge >= 0.3 is 0 Å². The zero-order valence-electron chi connectivity index (χ0n) is 14.4. The van der Waals surface area contributed by atoms with Gasteiger partial charge in [-0.05, 0) is 20.0 Å². The third-order valence-corrected chi connectivity index (χ3v) is 4.58. The highest BCUT2D eigenvalue weighted by Crippen LogP contribution is 2.25. The highest BCUT2D eigenvalue weighted by atomic mass is 16.1. The van der Waals surface area contributed by atoms with E-state index in [0.717, 1.165) is 37.7 Å². The lowest BCUT2D eigenvalue weighted by Gasteiger charge is -2.37. The first-order valence-electron chi connectivity index (χ1n) is 8.40. The van der Waals surface area contributed by atoms with E-state index >= 15 is 0 Å². The van der Waals surface area contributed by atoms with Crippen LogP contribution in [0.15, 0.2) is 40.4 Å². The van der Waals surface area contributed by atoms with Crippen LogP contribution in [0.3, 0.4) is 0 Å². The van der Waals surface area contributed by atoms with E-state index in [-0.39, 0.29) is 5.56 Å². The summed E-state index contributed by atoms with van der Waals surface area (Å²) in [5, 5.41) is 3.25. The molecule has 2 aliphatic heterocycles. The minimum atomic E-state index is -0.458. The van der Waals surface area contributed by atoms with Gasteiger partial charge in [0.05, 0.1) is 0 Å². The molecule has 8 nitrogen and oxygen atoms in total. The van der Waals surface area contributed by atoms with Crippen molar-refractivity contribution in [2.45, 2.75) is 13.1 Å². The van der Waals surface area contributed by atoms with Crippen molar-refractivity contribution in [3.8, 4) is 0 Å². The average Bonchev–Trinajstić information content (AvgIpc) is 2.62. The molecule has 4 heterocycles. The van der Waals surface area contributed by atoms with Gasteiger partial charge in [0.15, 0.2) is 6.17 Å². The van der Waals surface area contributed by atoms with Gasteiger partial charge in [-0.15, -0.1) is 0 Å². The van der Waals surface area contributed by atoms with Gasteiger partial charge in [0.1, 0.15) is 0 Å². The highest BCUT2D eigenvalue weighted by Gasteiger charge is 2.28. The lowest BCUT2D eigenvalue weighted by molar-refractivity contribution is 0.213. The zero-order chi connectivity index (χ0) is 17.4. The number of guanidine groups is 1. The number of aryl methyl sites for hydroxylation is 1. The maximum atomic E-state index is 12.6. The molecule has 2 aromatic heterocycles. The smallest absolute Gasteiger partial charge is 0.257 e. The largest absolute Gasteiger partial charge is 0.340 e. The van der Waals surface area contributed by atoms with Crippen LogP contribution in [0.5, 0.6) is 0 Å². The normalized spacial score (nSPS) is 20.6. The van der Waals surface area contributed by atoms with Crippen molar-refractivity contribution in [1.29, 1.82) is 0 Å². The topological polar surface area (TPSA) is 78.7 Å². The highest BCUT2D eigenvalue weighted by molar-refractivity contribution is 5.93. The molecule has 1 atom stereocenters. The summed E-state index contributed by atoms with van der Waals surface area (Å²) < 4.78 is 1.59. The van der Waals surface area contributed by atoms with Crippen LogP contribution in [-0.2, 0) is 0 Å². The Morgan fingerprint density at radius 3 is 2.76 bits per heavy atom. The molecule has 25 heavy (non-hydrogen) atoms. The molecule has 4 rings (SSSR count). The fraction of sp³-hybridized carbons (Fsp3) is 0.412. The van der Waals surface area contributed by atoms with Crippen LogP contribution in [0.1, 0.15) is 17.4 Å². The predicted octanol–water partition coefficient (Wildman–Crippen LogP) is 0.523. The SMILES string of the molecule is Cc1cc(=O)n2c(n1)NC(N1CCN(C)CC1)=NC2c1cccnc1. The number of hydrogen-bond acceptors (Lipinski definition) is 7. The molecular weight excluding hydrogens is 318 g/mol. The van der Waals surface area contributed by atoms with Gasteiger partial charge in [-0.1, -0.05) is 6.07 Å². The second-order valence-corrected chi connectivity index (χ2v) is 6.46. The molecule has 2 aliphatic rings. The third-order valence-electron chi connectivity index (χ3n) is 4.58. The number of aromatic nitrogens is 3. The number of nitrogens with zero attached hydrogens (tertiary/aromatic N) is 6. The maximum Gasteiger partial charge on any atom is 0.257 e. The average molecular weight is 339 g/mol. The van der Waals surface area contributed by atoms with E-state index in [1.165, 1.54) is 6.07 Å². The van der Waals surface area contributed by atoms with Crippen LogP contribution in [0.2, 0.25) is 0 Å². The van der Waals surface area contributed by atoms with E-state index in [1.807, 2.05) is 19.1 Å². The first kappa shape index (κ1) is 15.8. The lowest BCUT2D eigenvalue weighted by atomic mass is 10.2. The fourth-order valence-electron chi connectivity index (χ4n) is 3.17. The summed E-state index contributed by atoms with van der Waals surface area (Å²) in [6.07, 6.45) is 3.00. The Balaban J connectivity index is 1.78. The fourth-order valence-corrected chi connectivity index (χ4v) is 3.17. The van der Waals surface area contributed by atoms with E-state index in [1.54, 1.807) is 17.0 Å². The number of pyridine rings is 1. The molecule has 2 aromatic rings. The van der Waals surface area contributed by atoms with E-state index in [4.69, 9.17) is 4.99 Å². The predicted molar refractivity (Wildman–Crippen MR) is 95.7 cm³/mol. The molecule has 1 unspecified atom stereocenters. The zero-order valence-corrected chi connectivity index (χ0v) is 14.4. The quantitative estimate of drug-likeness (QED) is 0.816. The Hall–Kier alpha value is -2.74. The first-order valence-corrected chi connectivity index (χ1v) is 8.40. The Morgan fingerprint density at radius 1 is 1.24 bits per heavy atom. The third kappa shape index (κ3) is 3.00. The van der Waals surface area contributed by atoms with Crippen LogP contribution < -0.4 is 10.9 Å². The minimum absolute atomic E-state index is 0.120. The molecule has 0 aromatic carbocycles. The first-order chi connectivity index (χ1) is 12.1. The Labute approximate surface area is 145 Å². The van der Waals surface area contributed by atoms with Crippen molar-refractivity contribution < 1.29 is 0 Å². The summed E-state index contributed by atoms with van der Waals surface area (Å²) in [6, 6.07) is 5.32. The van der Waals surface area contributed by atoms with Crippen LogP contribution in [-0.4, -0.2) is 63.5 Å². The van der Waals surface area contributed by atoms with Gasteiger partial charge in [0.25, 0.3) is 5.56 Å². The van der Waals surface area contributed by atoms with E-state index in [2.05, 4.69) is 32.1 Å². The molecule has 0 amide bonds. The van der Waals surface area contributed by atoms with Crippen molar-refractivity contribution in [1.82, 2.24) is 24.3 Å². The molecule has 0 aliphatic carbocycles. The van der Waals surface area contributed by atoms with Crippen molar-refractivity contribution in [3.05, 3.63) is 52.2 Å². The van der Waals surface area contributed by atoms with Crippen molar-refractivity contribution in [2.24, 2.45) is 4.99 Å². The van der Waals surface area contributed by atoms with Crippen LogP contribution >= 0.6 is 0 Å². The van der Waals surface area contributed by atoms with Crippen molar-refractivity contribution >= 4 is 11.9 Å². The number of piperazine rings is 1. The van der Waals surface area contributed by atoms with Gasteiger partial charge in [-0.25, -0.2) is 9.98 Å². The Morgan fingerprint density at radius 2 is 2.04 bits per heavy atom. The number of aliphatic imine (C=N–C) groups is 1. The number of fused-ring (bicyclic) bond motifs is 1. The molecular formula is C17H21N7O. The second-order valence-electron chi connectivity index (χ2n) is 6.46. The number of likely N-dealkylation sites (N-methyl/N-ethyl adjacent to an activating group) is 1. The molecule has 0 saturated carbocycles. The molecule has 1 saturated heterocycles. The van der Waals surface area contributed by atoms with Crippen molar-refractivity contribution in [2.75, 3.05) is 38.5 Å². The molecule has 1 N–H and O–H groups in total. The van der Waals surface area contributed by atoms with Crippen LogP contribution in [0.25, 0.3) is 0 Å². The van der Waals surface area contributed by atoms with Gasteiger partial charge in [-0.3, -0.25) is 19.7 Å². The standard InChI is InChI=1S/C17H21N7O/c1-12-10-14(25)24-15(13-4-3-5-18-11-13)20-16(21-17(24)19-12)23-8-6-22(2)7-9-23/h3-5,10-11,15H,6-9H2,1-2H3,(H,19,20,21). The Bertz CT molecular complexity index is 853. The summed E-state index contributed by atoms with van der Waals surface area (Å²) in [5.74, 6) is 1.29. The van der Waals surface area contributed by atoms with Gasteiger partial charge in [0, 0.05) is 55.9 Å². The number of hydrogen-bond donors (Lipinski definition) is 1. The summed E-state index contributed by atoms with van der Waals surface area (Å²) in [6.45, 7) is 5.55. The molecule has 1 fully saturated rings. The van der Waals surface area contributed by atoms with E-state index < -0.39 is 6.17 Å². The van der Waals surface area contributed by atoms with Crippen molar-refractivity contribution in [3.63, 3.8) is 0 Å². The Kier molecular flexibility index (Phi) is 3.96. The summed E-state index contributed by atoms with van der Waals surface area (Å²) >= 11 is 0. The molecule has 0 bridgehead atoms. The molecule has 0 radical (unpaired) electrons. The van der Waals surface area contributed by atoms with Gasteiger partial charge in [0.2, 0.25) is 11.9 Å². The molecule has 0 spiro atoms. The van der Waals surface area contributed by atoms with Crippen LogP contribution in [0.4, 0.5) is 5.95 Å². The molecule has 130 valence electrons. The van der Waals surface area contributed by atoms with E-state index in [0.29, 0.717) is 11.6 Å². The number of anilines is 1. The summed E-state index contributed by atoms with van der Waals surface area (Å²) in [5.41, 5.74) is 1.43. The second kappa shape index (κ2) is 6.29. The lowest BCUT2D eigenvalue weighted by Crippen LogP contribution is -2.51. The van der Waals surface area contributed by atoms with E-state index in [9.17, 15) is 4.79 Å². The summed E-state index contributed by atoms with van der Waals surface area (Å²) in [7, 11) is 2.12. The van der Waals surface area contributed by atoms with Gasteiger partial charge in [-0.2, -0.15) is 0 Å². The molecule has 8 heteroatoms. The van der Waals surface area contributed by atoms with Crippen LogP contribution in [0, 0.1) is 6.92 Å².